The van der Waals surface area contributed by atoms with Crippen LogP contribution in [-0.2, 0) is 19.1 Å². The molecular formula is C16H24O6. The molecule has 0 bridgehead atoms. The number of ether oxygens (including phenoxy) is 1. The number of hydrogen-bond acceptors (Lipinski definition) is 6. The van der Waals surface area contributed by atoms with Gasteiger partial charge in [0.1, 0.15) is 11.6 Å². The second kappa shape index (κ2) is 6.71. The Hall–Kier alpha value is -1.53. The first-order valence-electron chi connectivity index (χ1n) is 7.24. The summed E-state index contributed by atoms with van der Waals surface area (Å²) in [5, 5.41) is 21.0. The maximum absolute atomic E-state index is 12.0. The summed E-state index contributed by atoms with van der Waals surface area (Å²) in [7, 11) is 1.22. The van der Waals surface area contributed by atoms with E-state index in [0.29, 0.717) is 0 Å². The number of rotatable bonds is 5. The van der Waals surface area contributed by atoms with Crippen molar-refractivity contribution in [2.24, 2.45) is 17.8 Å². The minimum atomic E-state index is -1.71. The lowest BCUT2D eigenvalue weighted by molar-refractivity contribution is -0.138. The smallest absolute Gasteiger partial charge is 0.333 e. The van der Waals surface area contributed by atoms with Crippen molar-refractivity contribution in [3.8, 4) is 0 Å². The second-order valence-electron chi connectivity index (χ2n) is 6.09. The molecule has 0 aromatic rings. The Morgan fingerprint density at radius 1 is 1.27 bits per heavy atom. The zero-order chi connectivity index (χ0) is 17.2. The quantitative estimate of drug-likeness (QED) is 0.571. The number of carbonyl (C=O) groups excluding carboxylic acids is 3. The molecule has 0 aromatic carbocycles. The van der Waals surface area contributed by atoms with E-state index < -0.39 is 35.4 Å². The van der Waals surface area contributed by atoms with E-state index in [9.17, 15) is 24.6 Å². The van der Waals surface area contributed by atoms with Crippen molar-refractivity contribution in [1.29, 1.82) is 0 Å². The van der Waals surface area contributed by atoms with E-state index in [4.69, 9.17) is 4.74 Å². The van der Waals surface area contributed by atoms with Gasteiger partial charge in [0, 0.05) is 23.8 Å². The number of methoxy groups -OCH3 is 1. The number of carbonyl (C=O) groups is 3. The lowest BCUT2D eigenvalue weighted by Crippen LogP contribution is -2.44. The van der Waals surface area contributed by atoms with Gasteiger partial charge < -0.3 is 19.7 Å². The fraction of sp³-hybridized carbons (Fsp3) is 0.688. The molecule has 6 nitrogen and oxygen atoms in total. The van der Waals surface area contributed by atoms with Crippen LogP contribution < -0.4 is 0 Å². The van der Waals surface area contributed by atoms with Crippen LogP contribution in [0, 0.1) is 17.8 Å². The molecule has 0 unspecified atom stereocenters. The third-order valence-electron chi connectivity index (χ3n) is 4.51. The number of allylic oxidation sites excluding steroid dienone is 1. The van der Waals surface area contributed by atoms with Crippen molar-refractivity contribution in [3.63, 3.8) is 0 Å². The first kappa shape index (κ1) is 18.5. The summed E-state index contributed by atoms with van der Waals surface area (Å²) in [6.45, 7) is 5.65. The Balaban J connectivity index is 3.44. The van der Waals surface area contributed by atoms with Gasteiger partial charge in [0.15, 0.2) is 0 Å². The van der Waals surface area contributed by atoms with E-state index in [0.717, 1.165) is 0 Å². The average Bonchev–Trinajstić information content (AvgIpc) is 2.59. The Bertz CT molecular complexity index is 505. The van der Waals surface area contributed by atoms with Crippen molar-refractivity contribution in [2.45, 2.75) is 45.8 Å². The molecule has 0 spiro atoms. The summed E-state index contributed by atoms with van der Waals surface area (Å²) in [5.74, 6) is -3.61. The Morgan fingerprint density at radius 3 is 2.18 bits per heavy atom. The summed E-state index contributed by atoms with van der Waals surface area (Å²) in [5.41, 5.74) is -1.51. The summed E-state index contributed by atoms with van der Waals surface area (Å²) >= 11 is 0. The van der Waals surface area contributed by atoms with Crippen molar-refractivity contribution in [3.05, 3.63) is 11.6 Å². The fourth-order valence-electron chi connectivity index (χ4n) is 3.63. The molecule has 1 rings (SSSR count). The first-order valence-corrected chi connectivity index (χ1v) is 7.24. The number of ketones is 2. The first-order chi connectivity index (χ1) is 10.1. The number of esters is 1. The molecule has 1 saturated carbocycles. The van der Waals surface area contributed by atoms with Crippen LogP contribution in [0.15, 0.2) is 11.6 Å². The molecule has 6 heteroatoms. The topological polar surface area (TPSA) is 101 Å². The van der Waals surface area contributed by atoms with Gasteiger partial charge in [0.25, 0.3) is 0 Å². The largest absolute Gasteiger partial charge is 0.466 e. The third kappa shape index (κ3) is 3.13. The lowest BCUT2D eigenvalue weighted by atomic mass is 9.77. The van der Waals surface area contributed by atoms with Crippen LogP contribution in [-0.4, -0.2) is 46.6 Å². The van der Waals surface area contributed by atoms with Gasteiger partial charge in [-0.3, -0.25) is 4.79 Å². The van der Waals surface area contributed by atoms with Crippen molar-refractivity contribution in [1.82, 2.24) is 0 Å². The molecule has 0 heterocycles. The molecule has 1 fully saturated rings. The maximum Gasteiger partial charge on any atom is 0.333 e. The minimum absolute atomic E-state index is 0.0277. The van der Waals surface area contributed by atoms with Crippen LogP contribution in [0.3, 0.4) is 0 Å². The van der Waals surface area contributed by atoms with E-state index in [1.54, 1.807) is 6.92 Å². The molecular weight excluding hydrogens is 288 g/mol. The molecule has 0 aliphatic heterocycles. The summed E-state index contributed by atoms with van der Waals surface area (Å²) in [6.07, 6.45) is 0.197. The molecule has 0 amide bonds. The van der Waals surface area contributed by atoms with E-state index >= 15 is 0 Å². The lowest BCUT2D eigenvalue weighted by Gasteiger charge is -2.29. The number of aliphatic hydroxyl groups excluding tert-OH is 1. The van der Waals surface area contributed by atoms with Gasteiger partial charge in [-0.25, -0.2) is 4.79 Å². The van der Waals surface area contributed by atoms with Crippen molar-refractivity contribution >= 4 is 17.5 Å². The summed E-state index contributed by atoms with van der Waals surface area (Å²) in [4.78, 5) is 35.6. The molecule has 1 aliphatic rings. The van der Waals surface area contributed by atoms with Crippen molar-refractivity contribution < 1.29 is 29.3 Å². The van der Waals surface area contributed by atoms with E-state index in [1.165, 1.54) is 34.0 Å². The average molecular weight is 312 g/mol. The summed E-state index contributed by atoms with van der Waals surface area (Å²) in [6, 6.07) is 0. The zero-order valence-corrected chi connectivity index (χ0v) is 13.6. The van der Waals surface area contributed by atoms with Gasteiger partial charge in [-0.05, 0) is 27.7 Å². The number of aliphatic hydroxyl groups is 2. The van der Waals surface area contributed by atoms with E-state index in [1.807, 2.05) is 0 Å². The highest BCUT2D eigenvalue weighted by Crippen LogP contribution is 2.49. The van der Waals surface area contributed by atoms with Gasteiger partial charge in [-0.1, -0.05) is 6.08 Å². The van der Waals surface area contributed by atoms with Gasteiger partial charge in [-0.2, -0.15) is 0 Å². The molecule has 22 heavy (non-hydrogen) atoms. The van der Waals surface area contributed by atoms with Crippen LogP contribution in [0.25, 0.3) is 0 Å². The predicted molar refractivity (Wildman–Crippen MR) is 78.9 cm³/mol. The SMILES string of the molecule is C/C=C(/C(=O)OC)[C@H]1[C@H](CC(C)=O)[C@H](O)[C@](C)(O)[C@H]1C(C)=O. The molecule has 2 N–H and O–H groups in total. The van der Waals surface area contributed by atoms with E-state index in [2.05, 4.69) is 0 Å². The minimum Gasteiger partial charge on any atom is -0.466 e. The predicted octanol–water partition coefficient (Wildman–Crippen LogP) is 0.648. The Labute approximate surface area is 130 Å². The second-order valence-corrected chi connectivity index (χ2v) is 6.09. The van der Waals surface area contributed by atoms with Crippen LogP contribution in [0.4, 0.5) is 0 Å². The highest BCUT2D eigenvalue weighted by Gasteiger charge is 2.60. The van der Waals surface area contributed by atoms with Gasteiger partial charge in [0.05, 0.1) is 24.7 Å². The monoisotopic (exact) mass is 312 g/mol. The van der Waals surface area contributed by atoms with Crippen molar-refractivity contribution in [2.75, 3.05) is 7.11 Å². The normalized spacial score (nSPS) is 35.3. The standard InChI is InChI=1S/C16H24O6/c1-6-10(15(20)22-5)12-11(7-8(2)17)14(19)16(4,21)13(12)9(3)18/h6,11-14,19,21H,7H2,1-5H3/b10-6+/t11-,12-,13-,14-,16+/m0/s1. The van der Waals surface area contributed by atoms with Crippen LogP contribution in [0.5, 0.6) is 0 Å². The Kier molecular flexibility index (Phi) is 5.65. The van der Waals surface area contributed by atoms with Gasteiger partial charge in [-0.15, -0.1) is 0 Å². The molecule has 0 aromatic heterocycles. The fourth-order valence-corrected chi connectivity index (χ4v) is 3.63. The zero-order valence-electron chi connectivity index (χ0n) is 13.6. The molecule has 1 aliphatic carbocycles. The number of hydrogen-bond donors (Lipinski definition) is 2. The molecule has 5 atom stereocenters. The summed E-state index contributed by atoms with van der Waals surface area (Å²) < 4.78 is 4.73. The Morgan fingerprint density at radius 2 is 1.82 bits per heavy atom. The third-order valence-corrected chi connectivity index (χ3v) is 4.51. The highest BCUT2D eigenvalue weighted by molar-refractivity contribution is 5.92. The molecule has 0 radical (unpaired) electrons. The maximum atomic E-state index is 12.0. The van der Waals surface area contributed by atoms with Crippen LogP contribution >= 0.6 is 0 Å². The van der Waals surface area contributed by atoms with Gasteiger partial charge in [0.2, 0.25) is 0 Å². The highest BCUT2D eigenvalue weighted by atomic mass is 16.5. The van der Waals surface area contributed by atoms with Gasteiger partial charge >= 0.3 is 5.97 Å². The van der Waals surface area contributed by atoms with Crippen LogP contribution in [0.1, 0.15) is 34.1 Å². The molecule has 0 saturated heterocycles. The van der Waals surface area contributed by atoms with Crippen LogP contribution in [0.2, 0.25) is 0 Å². The molecule has 124 valence electrons. The number of Topliss-reactive ketones (excluding diaryl/α,β-unsaturated/α-hetero) is 2. The van der Waals surface area contributed by atoms with E-state index in [-0.39, 0.29) is 23.6 Å².